The van der Waals surface area contributed by atoms with Gasteiger partial charge in [-0.25, -0.2) is 4.68 Å². The molecule has 0 saturated carbocycles. The Morgan fingerprint density at radius 3 is 2.86 bits per heavy atom. The van der Waals surface area contributed by atoms with Crippen LogP contribution >= 0.6 is 0 Å². The van der Waals surface area contributed by atoms with Crippen LogP contribution in [0.4, 0.5) is 0 Å². The molecular formula is C10H8N4. The number of aryl methyl sites for hydroxylation is 1. The molecule has 0 radical (unpaired) electrons. The first kappa shape index (κ1) is 8.45. The van der Waals surface area contributed by atoms with Gasteiger partial charge in [-0.05, 0) is 18.6 Å². The monoisotopic (exact) mass is 184 g/mol. The third-order valence-electron chi connectivity index (χ3n) is 1.83. The number of nitrogens with zero attached hydrogens (tertiary/aromatic N) is 4. The first-order valence-corrected chi connectivity index (χ1v) is 4.16. The highest BCUT2D eigenvalue weighted by Crippen LogP contribution is 2.07. The SMILES string of the molecule is Cc1cnn(-c2cncc(C#N)c2)c1. The molecule has 0 aliphatic carbocycles. The zero-order chi connectivity index (χ0) is 9.97. The molecule has 2 aromatic heterocycles. The lowest BCUT2D eigenvalue weighted by molar-refractivity contribution is 0.873. The van der Waals surface area contributed by atoms with E-state index in [4.69, 9.17) is 5.26 Å². The molecule has 0 bridgehead atoms. The van der Waals surface area contributed by atoms with Crippen molar-refractivity contribution in [1.29, 1.82) is 5.26 Å². The molecule has 0 unspecified atom stereocenters. The quantitative estimate of drug-likeness (QED) is 0.674. The van der Waals surface area contributed by atoms with Crippen molar-refractivity contribution in [2.24, 2.45) is 0 Å². The number of hydrogen-bond donors (Lipinski definition) is 0. The van der Waals surface area contributed by atoms with Crippen molar-refractivity contribution in [1.82, 2.24) is 14.8 Å². The summed E-state index contributed by atoms with van der Waals surface area (Å²) in [5.41, 5.74) is 2.42. The first-order valence-electron chi connectivity index (χ1n) is 4.16. The van der Waals surface area contributed by atoms with Crippen molar-refractivity contribution in [3.63, 3.8) is 0 Å². The van der Waals surface area contributed by atoms with Crippen molar-refractivity contribution < 1.29 is 0 Å². The van der Waals surface area contributed by atoms with Crippen LogP contribution in [-0.2, 0) is 0 Å². The van der Waals surface area contributed by atoms with Crippen LogP contribution in [0.1, 0.15) is 11.1 Å². The van der Waals surface area contributed by atoms with E-state index in [1.807, 2.05) is 19.2 Å². The molecule has 0 N–H and O–H groups in total. The van der Waals surface area contributed by atoms with Gasteiger partial charge in [-0.3, -0.25) is 4.98 Å². The van der Waals surface area contributed by atoms with Crippen LogP contribution < -0.4 is 0 Å². The predicted molar refractivity (Wildman–Crippen MR) is 50.8 cm³/mol. The topological polar surface area (TPSA) is 54.5 Å². The maximum atomic E-state index is 8.69. The molecule has 4 nitrogen and oxygen atoms in total. The molecule has 0 fully saturated rings. The molecule has 0 aromatic carbocycles. The molecule has 14 heavy (non-hydrogen) atoms. The molecule has 0 atom stereocenters. The molecule has 0 amide bonds. The Kier molecular flexibility index (Phi) is 1.99. The number of rotatable bonds is 1. The van der Waals surface area contributed by atoms with Crippen LogP contribution in [0.3, 0.4) is 0 Å². The minimum Gasteiger partial charge on any atom is -0.261 e. The summed E-state index contributed by atoms with van der Waals surface area (Å²) < 4.78 is 1.70. The van der Waals surface area contributed by atoms with Crippen molar-refractivity contribution in [3.05, 3.63) is 42.0 Å². The van der Waals surface area contributed by atoms with Crippen LogP contribution in [0.5, 0.6) is 0 Å². The molecule has 4 heteroatoms. The molecule has 2 aromatic rings. The van der Waals surface area contributed by atoms with Gasteiger partial charge in [0.2, 0.25) is 0 Å². The fourth-order valence-corrected chi connectivity index (χ4v) is 1.17. The van der Waals surface area contributed by atoms with Gasteiger partial charge in [0, 0.05) is 12.4 Å². The van der Waals surface area contributed by atoms with Crippen LogP contribution in [0.25, 0.3) is 5.69 Å². The summed E-state index contributed by atoms with van der Waals surface area (Å²) >= 11 is 0. The lowest BCUT2D eigenvalue weighted by atomic mass is 10.3. The normalized spacial score (nSPS) is 9.71. The van der Waals surface area contributed by atoms with Crippen molar-refractivity contribution in [2.75, 3.05) is 0 Å². The van der Waals surface area contributed by atoms with E-state index in [9.17, 15) is 0 Å². The second-order valence-electron chi connectivity index (χ2n) is 3.01. The van der Waals surface area contributed by atoms with E-state index in [0.29, 0.717) is 5.56 Å². The highest BCUT2D eigenvalue weighted by atomic mass is 15.3. The van der Waals surface area contributed by atoms with E-state index in [-0.39, 0.29) is 0 Å². The maximum Gasteiger partial charge on any atom is 0.101 e. The molecular weight excluding hydrogens is 176 g/mol. The Hall–Kier alpha value is -2.15. The largest absolute Gasteiger partial charge is 0.261 e. The Morgan fingerprint density at radius 2 is 2.21 bits per heavy atom. The summed E-state index contributed by atoms with van der Waals surface area (Å²) in [7, 11) is 0. The lowest BCUT2D eigenvalue weighted by Crippen LogP contribution is -1.95. The molecule has 0 saturated heterocycles. The Balaban J connectivity index is 2.47. The minimum atomic E-state index is 0.538. The Labute approximate surface area is 81.4 Å². The minimum absolute atomic E-state index is 0.538. The van der Waals surface area contributed by atoms with E-state index in [1.165, 1.54) is 6.20 Å². The first-order chi connectivity index (χ1) is 6.79. The molecule has 0 aliphatic rings. The maximum absolute atomic E-state index is 8.69. The second kappa shape index (κ2) is 3.30. The van der Waals surface area contributed by atoms with E-state index in [2.05, 4.69) is 10.1 Å². The number of pyridine rings is 1. The van der Waals surface area contributed by atoms with E-state index >= 15 is 0 Å². The molecule has 0 spiro atoms. The van der Waals surface area contributed by atoms with Gasteiger partial charge in [-0.1, -0.05) is 0 Å². The highest BCUT2D eigenvalue weighted by molar-refractivity contribution is 5.37. The van der Waals surface area contributed by atoms with Gasteiger partial charge in [0.1, 0.15) is 6.07 Å². The summed E-state index contributed by atoms with van der Waals surface area (Å²) in [5.74, 6) is 0. The fourth-order valence-electron chi connectivity index (χ4n) is 1.17. The smallest absolute Gasteiger partial charge is 0.101 e. The van der Waals surface area contributed by atoms with Gasteiger partial charge in [0.15, 0.2) is 0 Å². The van der Waals surface area contributed by atoms with Crippen LogP contribution in [0.2, 0.25) is 0 Å². The van der Waals surface area contributed by atoms with E-state index in [1.54, 1.807) is 23.1 Å². The predicted octanol–water partition coefficient (Wildman–Crippen LogP) is 1.45. The van der Waals surface area contributed by atoms with Crippen LogP contribution in [0, 0.1) is 18.3 Å². The van der Waals surface area contributed by atoms with Gasteiger partial charge in [-0.15, -0.1) is 0 Å². The summed E-state index contributed by atoms with van der Waals surface area (Å²) in [4.78, 5) is 3.96. The summed E-state index contributed by atoms with van der Waals surface area (Å²) in [6.45, 7) is 1.96. The van der Waals surface area contributed by atoms with Crippen molar-refractivity contribution >= 4 is 0 Å². The molecule has 2 heterocycles. The number of hydrogen-bond acceptors (Lipinski definition) is 3. The van der Waals surface area contributed by atoms with E-state index in [0.717, 1.165) is 11.3 Å². The van der Waals surface area contributed by atoms with Crippen LogP contribution in [-0.4, -0.2) is 14.8 Å². The van der Waals surface area contributed by atoms with Gasteiger partial charge < -0.3 is 0 Å². The summed E-state index contributed by atoms with van der Waals surface area (Å²) in [6.07, 6.45) is 6.85. The van der Waals surface area contributed by atoms with E-state index < -0.39 is 0 Å². The summed E-state index contributed by atoms with van der Waals surface area (Å²) in [6, 6.07) is 3.79. The van der Waals surface area contributed by atoms with Crippen molar-refractivity contribution in [3.8, 4) is 11.8 Å². The lowest BCUT2D eigenvalue weighted by Gasteiger charge is -1.99. The standard InChI is InChI=1S/C10H8N4/c1-8-4-13-14(7-8)10-2-9(3-11)5-12-6-10/h2,4-7H,1H3. The van der Waals surface area contributed by atoms with Gasteiger partial charge in [0.05, 0.1) is 23.6 Å². The highest BCUT2D eigenvalue weighted by Gasteiger charge is 1.99. The van der Waals surface area contributed by atoms with Gasteiger partial charge in [0.25, 0.3) is 0 Å². The van der Waals surface area contributed by atoms with Crippen LogP contribution in [0.15, 0.2) is 30.9 Å². The third kappa shape index (κ3) is 1.48. The molecule has 0 aliphatic heterocycles. The second-order valence-corrected chi connectivity index (χ2v) is 3.01. The zero-order valence-corrected chi connectivity index (χ0v) is 7.68. The molecule has 2 rings (SSSR count). The fraction of sp³-hybridized carbons (Fsp3) is 0.100. The van der Waals surface area contributed by atoms with Gasteiger partial charge in [-0.2, -0.15) is 10.4 Å². The Morgan fingerprint density at radius 1 is 1.36 bits per heavy atom. The van der Waals surface area contributed by atoms with Gasteiger partial charge >= 0.3 is 0 Å². The Bertz CT molecular complexity index is 493. The average Bonchev–Trinajstić information content (AvgIpc) is 2.65. The molecule has 68 valence electrons. The zero-order valence-electron chi connectivity index (χ0n) is 7.68. The summed E-state index contributed by atoms with van der Waals surface area (Å²) in [5, 5.41) is 12.8. The number of nitriles is 1. The third-order valence-corrected chi connectivity index (χ3v) is 1.83. The number of aromatic nitrogens is 3. The average molecular weight is 184 g/mol. The van der Waals surface area contributed by atoms with Crippen molar-refractivity contribution in [2.45, 2.75) is 6.92 Å².